The van der Waals surface area contributed by atoms with Gasteiger partial charge in [0, 0.05) is 6.54 Å². The van der Waals surface area contributed by atoms with Crippen LogP contribution in [-0.2, 0) is 0 Å². The average Bonchev–Trinajstić information content (AvgIpc) is 2.70. The van der Waals surface area contributed by atoms with Gasteiger partial charge in [0.15, 0.2) is 0 Å². The first kappa shape index (κ1) is 13.0. The maximum atomic E-state index is 2.62. The first-order valence-corrected chi connectivity index (χ1v) is 6.65. The minimum atomic E-state index is 0.711. The van der Waals surface area contributed by atoms with Gasteiger partial charge < -0.3 is 9.80 Å². The zero-order chi connectivity index (χ0) is 11.3. The normalized spacial score (nSPS) is 26.4. The molecule has 2 fully saturated rings. The zero-order valence-corrected chi connectivity index (χ0v) is 11.1. The molecule has 2 nitrogen and oxygen atoms in total. The van der Waals surface area contributed by atoms with Crippen molar-refractivity contribution in [3.05, 3.63) is 0 Å². The lowest BCUT2D eigenvalue weighted by atomic mass is 9.78. The third-order valence-electron chi connectivity index (χ3n) is 4.01. The highest BCUT2D eigenvalue weighted by Crippen LogP contribution is 2.39. The van der Waals surface area contributed by atoms with Crippen molar-refractivity contribution in [2.45, 2.75) is 40.0 Å². The number of nitrogens with zero attached hydrogens (tertiary/aromatic N) is 2. The molecule has 0 aliphatic carbocycles. The Labute approximate surface area is 95.6 Å². The Kier molecular flexibility index (Phi) is 5.07. The molecule has 0 bridgehead atoms. The van der Waals surface area contributed by atoms with Crippen molar-refractivity contribution in [1.82, 2.24) is 9.80 Å². The molecule has 1 spiro atoms. The van der Waals surface area contributed by atoms with Gasteiger partial charge in [0.2, 0.25) is 0 Å². The smallest absolute Gasteiger partial charge is 0.00393 e. The van der Waals surface area contributed by atoms with Crippen molar-refractivity contribution in [3.63, 3.8) is 0 Å². The van der Waals surface area contributed by atoms with Crippen molar-refractivity contribution >= 4 is 0 Å². The predicted octanol–water partition coefficient (Wildman–Crippen LogP) is 2.45. The number of piperidine rings is 1. The minimum absolute atomic E-state index is 0.711. The van der Waals surface area contributed by atoms with E-state index in [1.807, 2.05) is 13.8 Å². The van der Waals surface area contributed by atoms with Crippen LogP contribution in [0.3, 0.4) is 0 Å². The summed E-state index contributed by atoms with van der Waals surface area (Å²) >= 11 is 0. The minimum Gasteiger partial charge on any atom is -0.306 e. The Morgan fingerprint density at radius 2 is 1.53 bits per heavy atom. The maximum absolute atomic E-state index is 2.62. The summed E-state index contributed by atoms with van der Waals surface area (Å²) in [6.45, 7) is 12.9. The van der Waals surface area contributed by atoms with Gasteiger partial charge in [-0.3, -0.25) is 0 Å². The second kappa shape index (κ2) is 5.86. The lowest BCUT2D eigenvalue weighted by molar-refractivity contribution is 0.127. The topological polar surface area (TPSA) is 6.48 Å². The van der Waals surface area contributed by atoms with Crippen LogP contribution in [0.1, 0.15) is 40.0 Å². The van der Waals surface area contributed by atoms with Crippen LogP contribution in [0.4, 0.5) is 0 Å². The lowest BCUT2D eigenvalue weighted by Gasteiger charge is -2.37. The van der Waals surface area contributed by atoms with Crippen LogP contribution in [-0.4, -0.2) is 49.6 Å². The second-order valence-electron chi connectivity index (χ2n) is 4.92. The van der Waals surface area contributed by atoms with E-state index in [0.717, 1.165) is 0 Å². The molecule has 2 rings (SSSR count). The van der Waals surface area contributed by atoms with E-state index >= 15 is 0 Å². The van der Waals surface area contributed by atoms with Gasteiger partial charge >= 0.3 is 0 Å². The van der Waals surface area contributed by atoms with Gasteiger partial charge in [-0.15, -0.1) is 0 Å². The number of rotatable bonds is 1. The molecule has 2 saturated heterocycles. The van der Waals surface area contributed by atoms with Gasteiger partial charge in [0.1, 0.15) is 0 Å². The van der Waals surface area contributed by atoms with Crippen LogP contribution in [0.2, 0.25) is 0 Å². The standard InChI is InChI=1S/C11H22N2.C2H6/c1-3-13-9-6-11(10-13)4-7-12(2)8-5-11;1-2/h3-10H2,1-2H3;1-2H3. The van der Waals surface area contributed by atoms with Crippen LogP contribution >= 0.6 is 0 Å². The molecule has 15 heavy (non-hydrogen) atoms. The molecule has 0 amide bonds. The first-order valence-electron chi connectivity index (χ1n) is 6.65. The number of hydrogen-bond acceptors (Lipinski definition) is 2. The van der Waals surface area contributed by atoms with E-state index in [9.17, 15) is 0 Å². The fraction of sp³-hybridized carbons (Fsp3) is 1.00. The fourth-order valence-electron chi connectivity index (χ4n) is 2.80. The molecule has 0 unspecified atom stereocenters. The van der Waals surface area contributed by atoms with Crippen LogP contribution in [0.25, 0.3) is 0 Å². The highest BCUT2D eigenvalue weighted by molar-refractivity contribution is 4.92. The Balaban J connectivity index is 0.000000531. The van der Waals surface area contributed by atoms with E-state index in [2.05, 4.69) is 23.8 Å². The largest absolute Gasteiger partial charge is 0.306 e. The van der Waals surface area contributed by atoms with Gasteiger partial charge in [0.05, 0.1) is 0 Å². The van der Waals surface area contributed by atoms with Crippen molar-refractivity contribution in [2.24, 2.45) is 5.41 Å². The molecule has 0 aromatic carbocycles. The summed E-state index contributed by atoms with van der Waals surface area (Å²) in [5, 5.41) is 0. The molecule has 0 N–H and O–H groups in total. The fourth-order valence-corrected chi connectivity index (χ4v) is 2.80. The van der Waals surface area contributed by atoms with Crippen molar-refractivity contribution in [1.29, 1.82) is 0 Å². The molecule has 2 heterocycles. The van der Waals surface area contributed by atoms with E-state index < -0.39 is 0 Å². The van der Waals surface area contributed by atoms with Crippen LogP contribution in [0.5, 0.6) is 0 Å². The number of likely N-dealkylation sites (tertiary alicyclic amines) is 2. The van der Waals surface area contributed by atoms with Gasteiger partial charge in [-0.1, -0.05) is 20.8 Å². The SMILES string of the molecule is CC.CCN1CCC2(CCN(C)CC2)C1. The number of hydrogen-bond donors (Lipinski definition) is 0. The zero-order valence-electron chi connectivity index (χ0n) is 11.1. The summed E-state index contributed by atoms with van der Waals surface area (Å²) in [4.78, 5) is 5.09. The van der Waals surface area contributed by atoms with Gasteiger partial charge in [-0.05, 0) is 57.9 Å². The average molecular weight is 212 g/mol. The van der Waals surface area contributed by atoms with Gasteiger partial charge in [-0.25, -0.2) is 0 Å². The van der Waals surface area contributed by atoms with Crippen molar-refractivity contribution < 1.29 is 0 Å². The van der Waals surface area contributed by atoms with E-state index in [-0.39, 0.29) is 0 Å². The molecule has 0 aromatic rings. The quantitative estimate of drug-likeness (QED) is 0.659. The van der Waals surface area contributed by atoms with Crippen molar-refractivity contribution in [3.8, 4) is 0 Å². The Hall–Kier alpha value is -0.0800. The van der Waals surface area contributed by atoms with E-state index in [1.54, 1.807) is 0 Å². The van der Waals surface area contributed by atoms with E-state index in [0.29, 0.717) is 5.41 Å². The monoisotopic (exact) mass is 212 g/mol. The summed E-state index contributed by atoms with van der Waals surface area (Å²) in [5.74, 6) is 0. The molecule has 2 aliphatic rings. The molecule has 0 aromatic heterocycles. The van der Waals surface area contributed by atoms with E-state index in [1.165, 1.54) is 52.0 Å². The molecule has 0 saturated carbocycles. The Morgan fingerprint density at radius 1 is 1.00 bits per heavy atom. The molecule has 0 radical (unpaired) electrons. The second-order valence-corrected chi connectivity index (χ2v) is 4.92. The highest BCUT2D eigenvalue weighted by Gasteiger charge is 2.39. The lowest BCUT2D eigenvalue weighted by Crippen LogP contribution is -2.39. The molecule has 2 aliphatic heterocycles. The first-order chi connectivity index (χ1) is 7.24. The van der Waals surface area contributed by atoms with Crippen LogP contribution in [0.15, 0.2) is 0 Å². The summed E-state index contributed by atoms with van der Waals surface area (Å²) < 4.78 is 0. The summed E-state index contributed by atoms with van der Waals surface area (Å²) in [6, 6.07) is 0. The summed E-state index contributed by atoms with van der Waals surface area (Å²) in [6.07, 6.45) is 4.31. The highest BCUT2D eigenvalue weighted by atomic mass is 15.2. The molecule has 90 valence electrons. The molecular formula is C13H28N2. The molecular weight excluding hydrogens is 184 g/mol. The summed E-state index contributed by atoms with van der Waals surface area (Å²) in [7, 11) is 2.25. The maximum Gasteiger partial charge on any atom is 0.00393 e. The van der Waals surface area contributed by atoms with Gasteiger partial charge in [0.25, 0.3) is 0 Å². The third kappa shape index (κ3) is 3.18. The molecule has 0 atom stereocenters. The Morgan fingerprint density at radius 3 is 2.00 bits per heavy atom. The van der Waals surface area contributed by atoms with Crippen LogP contribution in [0, 0.1) is 5.41 Å². The van der Waals surface area contributed by atoms with Gasteiger partial charge in [-0.2, -0.15) is 0 Å². The Bertz CT molecular complexity index is 171. The third-order valence-corrected chi connectivity index (χ3v) is 4.01. The molecule has 2 heteroatoms. The van der Waals surface area contributed by atoms with E-state index in [4.69, 9.17) is 0 Å². The summed E-state index contributed by atoms with van der Waals surface area (Å²) in [5.41, 5.74) is 0.711. The van der Waals surface area contributed by atoms with Crippen LogP contribution < -0.4 is 0 Å². The predicted molar refractivity (Wildman–Crippen MR) is 67.2 cm³/mol. The van der Waals surface area contributed by atoms with Crippen molar-refractivity contribution in [2.75, 3.05) is 39.8 Å².